The van der Waals surface area contributed by atoms with E-state index < -0.39 is 29.8 Å². The lowest BCUT2D eigenvalue weighted by molar-refractivity contribution is -0.142. The molecule has 7 heteroatoms. The topological polar surface area (TPSA) is 89.0 Å². The predicted molar refractivity (Wildman–Crippen MR) is 82.4 cm³/mol. The first-order chi connectivity index (χ1) is 10.7. The summed E-state index contributed by atoms with van der Waals surface area (Å²) in [5.74, 6) is -0.474. The molecule has 1 fully saturated rings. The van der Waals surface area contributed by atoms with Crippen LogP contribution < -0.4 is 4.74 Å². The van der Waals surface area contributed by atoms with Crippen molar-refractivity contribution in [1.82, 2.24) is 9.88 Å². The number of hydrogen-bond donors (Lipinski definition) is 1. The average Bonchev–Trinajstić information content (AvgIpc) is 2.84. The summed E-state index contributed by atoms with van der Waals surface area (Å²) >= 11 is 0. The van der Waals surface area contributed by atoms with Gasteiger partial charge in [-0.2, -0.15) is 0 Å². The number of aryl methyl sites for hydroxylation is 1. The number of hydrogen-bond acceptors (Lipinski definition) is 5. The molecule has 1 aliphatic rings. The molecule has 1 aliphatic heterocycles. The maximum atomic E-state index is 12.2. The number of pyridine rings is 1. The van der Waals surface area contributed by atoms with Gasteiger partial charge < -0.3 is 14.6 Å². The molecule has 7 nitrogen and oxygen atoms in total. The van der Waals surface area contributed by atoms with E-state index in [1.807, 2.05) is 6.92 Å². The highest BCUT2D eigenvalue weighted by Crippen LogP contribution is 2.26. The Balaban J connectivity index is 2.10. The molecule has 2 atom stereocenters. The molecule has 1 amide bonds. The van der Waals surface area contributed by atoms with Gasteiger partial charge in [0.15, 0.2) is 0 Å². The molecule has 2 rings (SSSR count). The van der Waals surface area contributed by atoms with Gasteiger partial charge >= 0.3 is 12.1 Å². The molecule has 2 heterocycles. The van der Waals surface area contributed by atoms with Crippen LogP contribution in [-0.4, -0.2) is 51.3 Å². The zero-order valence-electron chi connectivity index (χ0n) is 13.8. The minimum Gasteiger partial charge on any atom is -0.487 e. The van der Waals surface area contributed by atoms with Gasteiger partial charge in [-0.25, -0.2) is 9.59 Å². The van der Waals surface area contributed by atoms with Crippen molar-refractivity contribution in [2.45, 2.75) is 51.9 Å². The van der Waals surface area contributed by atoms with Crippen LogP contribution in [0, 0.1) is 6.92 Å². The van der Waals surface area contributed by atoms with Crippen LogP contribution in [0.2, 0.25) is 0 Å². The van der Waals surface area contributed by atoms with Gasteiger partial charge in [0.05, 0.1) is 12.2 Å². The first kappa shape index (κ1) is 17.1. The Kier molecular flexibility index (Phi) is 4.77. The molecule has 1 aromatic rings. The normalized spacial score (nSPS) is 21.1. The van der Waals surface area contributed by atoms with Gasteiger partial charge in [-0.15, -0.1) is 0 Å². The van der Waals surface area contributed by atoms with Crippen LogP contribution in [0.3, 0.4) is 0 Å². The molecular weight excluding hydrogens is 300 g/mol. The molecule has 0 saturated carbocycles. The van der Waals surface area contributed by atoms with Gasteiger partial charge in [0, 0.05) is 12.6 Å². The van der Waals surface area contributed by atoms with E-state index in [4.69, 9.17) is 9.47 Å². The lowest BCUT2D eigenvalue weighted by atomic mass is 10.2. The first-order valence-corrected chi connectivity index (χ1v) is 7.48. The smallest absolute Gasteiger partial charge is 0.411 e. The summed E-state index contributed by atoms with van der Waals surface area (Å²) in [5, 5.41) is 9.35. The van der Waals surface area contributed by atoms with Gasteiger partial charge in [-0.1, -0.05) is 0 Å². The molecule has 1 aromatic heterocycles. The average molecular weight is 322 g/mol. The third-order valence-electron chi connectivity index (χ3n) is 3.43. The van der Waals surface area contributed by atoms with Gasteiger partial charge in [-0.05, 0) is 39.8 Å². The molecule has 0 spiro atoms. The number of carboxylic acid groups (broad SMARTS) is 1. The molecule has 0 unspecified atom stereocenters. The number of nitrogens with zero attached hydrogens (tertiary/aromatic N) is 2. The van der Waals surface area contributed by atoms with Crippen LogP contribution in [0.1, 0.15) is 32.9 Å². The van der Waals surface area contributed by atoms with Crippen molar-refractivity contribution in [2.75, 3.05) is 6.54 Å². The second-order valence-electron chi connectivity index (χ2n) is 6.55. The standard InChI is InChI=1S/C16H22N2O5/c1-10-13(6-5-7-17-10)22-11-8-12(14(19)20)18(9-11)15(21)23-16(2,3)4/h5-7,11-12H,8-9H2,1-4H3,(H,19,20)/t11-,12-/m0/s1. The molecule has 1 N–H and O–H groups in total. The summed E-state index contributed by atoms with van der Waals surface area (Å²) in [6, 6.07) is 2.57. The van der Waals surface area contributed by atoms with E-state index in [1.165, 1.54) is 4.90 Å². The first-order valence-electron chi connectivity index (χ1n) is 7.48. The van der Waals surface area contributed by atoms with Gasteiger partial charge in [0.1, 0.15) is 23.5 Å². The molecule has 0 aromatic carbocycles. The summed E-state index contributed by atoms with van der Waals surface area (Å²) in [4.78, 5) is 29.0. The van der Waals surface area contributed by atoms with Crippen LogP contribution in [-0.2, 0) is 9.53 Å². The quantitative estimate of drug-likeness (QED) is 0.918. The van der Waals surface area contributed by atoms with Crippen molar-refractivity contribution < 1.29 is 24.2 Å². The van der Waals surface area contributed by atoms with Gasteiger partial charge in [0.2, 0.25) is 0 Å². The fraction of sp³-hybridized carbons (Fsp3) is 0.562. The Morgan fingerprint density at radius 3 is 2.65 bits per heavy atom. The van der Waals surface area contributed by atoms with Crippen molar-refractivity contribution >= 4 is 12.1 Å². The number of amides is 1. The number of carbonyl (C=O) groups excluding carboxylic acids is 1. The second kappa shape index (κ2) is 6.44. The third kappa shape index (κ3) is 4.34. The molecule has 0 bridgehead atoms. The highest BCUT2D eigenvalue weighted by atomic mass is 16.6. The summed E-state index contributed by atoms with van der Waals surface area (Å²) in [7, 11) is 0. The number of aliphatic carboxylic acids is 1. The summed E-state index contributed by atoms with van der Waals surface area (Å²) in [6.45, 7) is 7.20. The largest absolute Gasteiger partial charge is 0.487 e. The Morgan fingerprint density at radius 1 is 1.39 bits per heavy atom. The summed E-state index contributed by atoms with van der Waals surface area (Å²) in [6.07, 6.45) is 0.817. The highest BCUT2D eigenvalue weighted by Gasteiger charge is 2.42. The molecular formula is C16H22N2O5. The van der Waals surface area contributed by atoms with E-state index in [0.29, 0.717) is 5.75 Å². The number of carbonyl (C=O) groups is 2. The molecule has 1 saturated heterocycles. The van der Waals surface area contributed by atoms with Crippen molar-refractivity contribution in [1.29, 1.82) is 0 Å². The molecule has 23 heavy (non-hydrogen) atoms. The highest BCUT2D eigenvalue weighted by molar-refractivity contribution is 5.81. The Labute approximate surface area is 135 Å². The zero-order valence-corrected chi connectivity index (χ0v) is 13.8. The van der Waals surface area contributed by atoms with Gasteiger partial charge in [0.25, 0.3) is 0 Å². The summed E-state index contributed by atoms with van der Waals surface area (Å²) < 4.78 is 11.1. The van der Waals surface area contributed by atoms with Crippen LogP contribution in [0.15, 0.2) is 18.3 Å². The van der Waals surface area contributed by atoms with Crippen LogP contribution in [0.4, 0.5) is 4.79 Å². The van der Waals surface area contributed by atoms with Gasteiger partial charge in [-0.3, -0.25) is 9.88 Å². The number of likely N-dealkylation sites (tertiary alicyclic amines) is 1. The van der Waals surface area contributed by atoms with Crippen molar-refractivity contribution in [3.63, 3.8) is 0 Å². The van der Waals surface area contributed by atoms with E-state index in [-0.39, 0.29) is 13.0 Å². The van der Waals surface area contributed by atoms with Crippen molar-refractivity contribution in [2.24, 2.45) is 0 Å². The monoisotopic (exact) mass is 322 g/mol. The predicted octanol–water partition coefficient (Wildman–Crippen LogP) is 2.23. The summed E-state index contributed by atoms with van der Waals surface area (Å²) in [5.41, 5.74) is 0.0361. The van der Waals surface area contributed by atoms with Crippen LogP contribution in [0.5, 0.6) is 5.75 Å². The Hall–Kier alpha value is -2.31. The molecule has 0 aliphatic carbocycles. The zero-order chi connectivity index (χ0) is 17.2. The maximum absolute atomic E-state index is 12.2. The van der Waals surface area contributed by atoms with Crippen LogP contribution >= 0.6 is 0 Å². The van der Waals surface area contributed by atoms with E-state index in [0.717, 1.165) is 5.69 Å². The lowest BCUT2D eigenvalue weighted by Gasteiger charge is -2.26. The third-order valence-corrected chi connectivity index (χ3v) is 3.43. The molecule has 0 radical (unpaired) electrons. The SMILES string of the molecule is Cc1ncccc1O[C@H]1C[C@@H](C(=O)O)N(C(=O)OC(C)(C)C)C1. The lowest BCUT2D eigenvalue weighted by Crippen LogP contribution is -2.43. The molecule has 126 valence electrons. The maximum Gasteiger partial charge on any atom is 0.411 e. The number of carboxylic acids is 1. The fourth-order valence-electron chi connectivity index (χ4n) is 2.41. The Morgan fingerprint density at radius 2 is 2.09 bits per heavy atom. The minimum atomic E-state index is -1.06. The minimum absolute atomic E-state index is 0.167. The number of ether oxygens (including phenoxy) is 2. The number of rotatable bonds is 3. The van der Waals surface area contributed by atoms with E-state index >= 15 is 0 Å². The van der Waals surface area contributed by atoms with Crippen molar-refractivity contribution in [3.8, 4) is 5.75 Å². The van der Waals surface area contributed by atoms with Crippen molar-refractivity contribution in [3.05, 3.63) is 24.0 Å². The second-order valence-corrected chi connectivity index (χ2v) is 6.55. The van der Waals surface area contributed by atoms with E-state index in [9.17, 15) is 14.7 Å². The van der Waals surface area contributed by atoms with Crippen LogP contribution in [0.25, 0.3) is 0 Å². The fourth-order valence-corrected chi connectivity index (χ4v) is 2.41. The van der Waals surface area contributed by atoms with E-state index in [2.05, 4.69) is 4.98 Å². The Bertz CT molecular complexity index is 596. The number of aromatic nitrogens is 1. The van der Waals surface area contributed by atoms with E-state index in [1.54, 1.807) is 39.1 Å².